The van der Waals surface area contributed by atoms with Crippen LogP contribution in [0.4, 0.5) is 0 Å². The lowest BCUT2D eigenvalue weighted by Gasteiger charge is -2.10. The molecule has 0 unspecified atom stereocenters. The molecular weight excluding hydrogens is 228 g/mol. The lowest BCUT2D eigenvalue weighted by molar-refractivity contribution is 1.38. The van der Waals surface area contributed by atoms with Crippen molar-refractivity contribution in [2.24, 2.45) is 0 Å². The zero-order chi connectivity index (χ0) is 12.4. The van der Waals surface area contributed by atoms with Crippen LogP contribution < -0.4 is 0 Å². The van der Waals surface area contributed by atoms with Crippen molar-refractivity contribution >= 4 is 17.7 Å². The fraction of sp³-hybridized carbons (Fsp3) is 0.125. The summed E-state index contributed by atoms with van der Waals surface area (Å²) in [6.07, 6.45) is 1.85. The van der Waals surface area contributed by atoms with Gasteiger partial charge in [0.05, 0.1) is 0 Å². The molecule has 0 radical (unpaired) electrons. The van der Waals surface area contributed by atoms with E-state index < -0.39 is 0 Å². The van der Waals surface area contributed by atoms with Gasteiger partial charge in [0.1, 0.15) is 0 Å². The van der Waals surface area contributed by atoms with E-state index in [-0.39, 0.29) is 0 Å². The minimum atomic E-state index is 0.809. The van der Waals surface area contributed by atoms with Gasteiger partial charge in [-0.2, -0.15) is 0 Å². The molecule has 0 saturated carbocycles. The van der Waals surface area contributed by atoms with Gasteiger partial charge in [-0.15, -0.1) is 0 Å². The summed E-state index contributed by atoms with van der Waals surface area (Å²) >= 11 is 6.34. The van der Waals surface area contributed by atoms with Crippen LogP contribution in [0.5, 0.6) is 0 Å². The summed E-state index contributed by atoms with van der Waals surface area (Å²) in [4.78, 5) is 0. The average Bonchev–Trinajstić information content (AvgIpc) is 2.28. The molecule has 0 aromatic heterocycles. The van der Waals surface area contributed by atoms with Gasteiger partial charge in [-0.1, -0.05) is 48.5 Å². The predicted molar refractivity (Wildman–Crippen MR) is 76.5 cm³/mol. The monoisotopic (exact) mass is 242 g/mol. The van der Waals surface area contributed by atoms with E-state index in [0.29, 0.717) is 0 Å². The van der Waals surface area contributed by atoms with Crippen LogP contribution in [0.3, 0.4) is 0 Å². The van der Waals surface area contributed by atoms with Gasteiger partial charge in [0.2, 0.25) is 0 Å². The second kappa shape index (κ2) is 4.77. The quantitative estimate of drug-likeness (QED) is 0.673. The van der Waals surface area contributed by atoms with E-state index in [1.54, 1.807) is 0 Å². The lowest BCUT2D eigenvalue weighted by atomic mass is 9.97. The van der Waals surface area contributed by atoms with E-state index in [0.717, 1.165) is 21.7 Å². The van der Waals surface area contributed by atoms with E-state index in [1.807, 2.05) is 24.3 Å². The van der Waals surface area contributed by atoms with Crippen molar-refractivity contribution in [1.82, 2.24) is 0 Å². The zero-order valence-corrected chi connectivity index (χ0v) is 10.9. The largest absolute Gasteiger partial charge is 0.0985 e. The minimum absolute atomic E-state index is 0.809. The molecule has 0 bridgehead atoms. The molecule has 0 N–H and O–H groups in total. The van der Waals surface area contributed by atoms with Gasteiger partial charge in [0.15, 0.2) is 0 Å². The van der Waals surface area contributed by atoms with Gasteiger partial charge < -0.3 is 0 Å². The molecule has 0 aliphatic heterocycles. The molecule has 1 heteroatoms. The summed E-state index contributed by atoms with van der Waals surface area (Å²) in [5.41, 5.74) is 5.76. The van der Waals surface area contributed by atoms with Crippen molar-refractivity contribution in [3.05, 3.63) is 64.7 Å². The molecular formula is C16H15Cl. The maximum absolute atomic E-state index is 6.34. The standard InChI is InChI=1S/C16H15Cl/c1-4-13-6-5-7-14(10-13)16-12(3)8-11(2)9-15(16)17/h4-10H,1H2,2-3H3. The molecule has 0 nitrogen and oxygen atoms in total. The molecule has 0 spiro atoms. The number of halogens is 1. The second-order valence-electron chi connectivity index (χ2n) is 4.27. The van der Waals surface area contributed by atoms with Gasteiger partial charge in [-0.05, 0) is 48.2 Å². The highest BCUT2D eigenvalue weighted by atomic mass is 35.5. The molecule has 0 heterocycles. The number of aryl methyl sites for hydroxylation is 2. The highest BCUT2D eigenvalue weighted by Gasteiger charge is 2.07. The lowest BCUT2D eigenvalue weighted by Crippen LogP contribution is -1.87. The third kappa shape index (κ3) is 2.42. The van der Waals surface area contributed by atoms with Crippen LogP contribution in [0.2, 0.25) is 5.02 Å². The first kappa shape index (κ1) is 11.9. The Balaban J connectivity index is 2.63. The van der Waals surface area contributed by atoms with Crippen LogP contribution in [-0.2, 0) is 0 Å². The molecule has 2 rings (SSSR count). The Morgan fingerprint density at radius 3 is 2.53 bits per heavy atom. The van der Waals surface area contributed by atoms with E-state index >= 15 is 0 Å². The van der Waals surface area contributed by atoms with Crippen LogP contribution in [0.15, 0.2) is 43.0 Å². The second-order valence-corrected chi connectivity index (χ2v) is 4.68. The van der Waals surface area contributed by atoms with Crippen LogP contribution in [0.1, 0.15) is 16.7 Å². The van der Waals surface area contributed by atoms with Gasteiger partial charge in [-0.3, -0.25) is 0 Å². The highest BCUT2D eigenvalue weighted by molar-refractivity contribution is 6.33. The van der Waals surface area contributed by atoms with E-state index in [9.17, 15) is 0 Å². The van der Waals surface area contributed by atoms with Gasteiger partial charge >= 0.3 is 0 Å². The molecule has 2 aromatic rings. The Morgan fingerprint density at radius 1 is 1.12 bits per heavy atom. The highest BCUT2D eigenvalue weighted by Crippen LogP contribution is 2.32. The van der Waals surface area contributed by atoms with Crippen molar-refractivity contribution in [3.8, 4) is 11.1 Å². The third-order valence-electron chi connectivity index (χ3n) is 2.84. The van der Waals surface area contributed by atoms with E-state index in [2.05, 4.69) is 38.6 Å². The normalized spacial score (nSPS) is 10.3. The predicted octanol–water partition coefficient (Wildman–Crippen LogP) is 5.27. The molecule has 0 saturated heterocycles. The average molecular weight is 243 g/mol. The van der Waals surface area contributed by atoms with Crippen LogP contribution in [-0.4, -0.2) is 0 Å². The number of hydrogen-bond acceptors (Lipinski definition) is 0. The molecule has 17 heavy (non-hydrogen) atoms. The van der Waals surface area contributed by atoms with E-state index in [1.165, 1.54) is 11.1 Å². The molecule has 86 valence electrons. The molecule has 0 amide bonds. The Labute approximate surface area is 108 Å². The van der Waals surface area contributed by atoms with Crippen LogP contribution in [0.25, 0.3) is 17.2 Å². The Bertz CT molecular complexity index is 544. The van der Waals surface area contributed by atoms with Crippen molar-refractivity contribution < 1.29 is 0 Å². The number of hydrogen-bond donors (Lipinski definition) is 0. The van der Waals surface area contributed by atoms with Gasteiger partial charge in [-0.25, -0.2) is 0 Å². The third-order valence-corrected chi connectivity index (χ3v) is 3.14. The molecule has 0 aliphatic carbocycles. The van der Waals surface area contributed by atoms with Crippen molar-refractivity contribution in [1.29, 1.82) is 0 Å². The summed E-state index contributed by atoms with van der Waals surface area (Å²) in [5.74, 6) is 0. The van der Waals surface area contributed by atoms with Crippen molar-refractivity contribution in [2.75, 3.05) is 0 Å². The molecule has 0 atom stereocenters. The van der Waals surface area contributed by atoms with Gasteiger partial charge in [0.25, 0.3) is 0 Å². The summed E-state index contributed by atoms with van der Waals surface area (Å²) in [6, 6.07) is 12.4. The Hall–Kier alpha value is -1.53. The summed E-state index contributed by atoms with van der Waals surface area (Å²) in [5, 5.41) is 0.809. The first-order valence-corrected chi connectivity index (χ1v) is 5.99. The van der Waals surface area contributed by atoms with Crippen molar-refractivity contribution in [3.63, 3.8) is 0 Å². The smallest absolute Gasteiger partial charge is 0.0489 e. The Kier molecular flexibility index (Phi) is 3.35. The van der Waals surface area contributed by atoms with Crippen LogP contribution >= 0.6 is 11.6 Å². The summed E-state index contributed by atoms with van der Waals surface area (Å²) < 4.78 is 0. The minimum Gasteiger partial charge on any atom is -0.0985 e. The number of rotatable bonds is 2. The molecule has 0 aliphatic rings. The van der Waals surface area contributed by atoms with Crippen molar-refractivity contribution in [2.45, 2.75) is 13.8 Å². The first-order valence-electron chi connectivity index (χ1n) is 5.61. The fourth-order valence-corrected chi connectivity index (χ4v) is 2.53. The summed E-state index contributed by atoms with van der Waals surface area (Å²) in [6.45, 7) is 7.94. The van der Waals surface area contributed by atoms with Gasteiger partial charge in [0, 0.05) is 10.6 Å². The van der Waals surface area contributed by atoms with E-state index in [4.69, 9.17) is 11.6 Å². The fourth-order valence-electron chi connectivity index (χ4n) is 2.10. The number of benzene rings is 2. The molecule has 2 aromatic carbocycles. The summed E-state index contributed by atoms with van der Waals surface area (Å²) in [7, 11) is 0. The SMILES string of the molecule is C=Cc1cccc(-c2c(C)cc(C)cc2Cl)c1. The first-order chi connectivity index (χ1) is 8.11. The molecule has 0 fully saturated rings. The maximum atomic E-state index is 6.34. The topological polar surface area (TPSA) is 0 Å². The van der Waals surface area contributed by atoms with Crippen LogP contribution in [0, 0.1) is 13.8 Å². The maximum Gasteiger partial charge on any atom is 0.0489 e. The zero-order valence-electron chi connectivity index (χ0n) is 10.1. The Morgan fingerprint density at radius 2 is 1.88 bits per heavy atom.